The van der Waals surface area contributed by atoms with Crippen LogP contribution in [0.2, 0.25) is 0 Å². The number of rotatable bonds is 5. The van der Waals surface area contributed by atoms with Gasteiger partial charge in [-0.25, -0.2) is 26.6 Å². The Kier molecular flexibility index (Phi) is 6.31. The van der Waals surface area contributed by atoms with Crippen LogP contribution in [0.4, 0.5) is 13.2 Å². The van der Waals surface area contributed by atoms with Crippen LogP contribution in [0.15, 0.2) is 52.7 Å². The number of piperazine rings is 1. The molecule has 168 valence electrons. The van der Waals surface area contributed by atoms with Crippen molar-refractivity contribution in [1.82, 2.24) is 14.2 Å². The predicted molar refractivity (Wildman–Crippen MR) is 113 cm³/mol. The molecule has 0 spiro atoms. The fourth-order valence-electron chi connectivity index (χ4n) is 3.44. The Balaban J connectivity index is 1.39. The summed E-state index contributed by atoms with van der Waals surface area (Å²) in [4.78, 5) is 17.5. The van der Waals surface area contributed by atoms with E-state index >= 15 is 0 Å². The number of halogens is 3. The Morgan fingerprint density at radius 3 is 2.31 bits per heavy atom. The monoisotopic (exact) mass is 481 g/mol. The van der Waals surface area contributed by atoms with E-state index in [1.165, 1.54) is 28.4 Å². The number of nitrogens with zero attached hydrogens (tertiary/aromatic N) is 3. The first-order valence-corrected chi connectivity index (χ1v) is 12.0. The Labute approximate surface area is 187 Å². The molecule has 1 amide bonds. The van der Waals surface area contributed by atoms with Crippen molar-refractivity contribution in [2.75, 3.05) is 26.2 Å². The van der Waals surface area contributed by atoms with Gasteiger partial charge in [-0.2, -0.15) is 4.31 Å². The minimum absolute atomic E-state index is 0.0144. The normalized spacial score (nSPS) is 15.2. The van der Waals surface area contributed by atoms with Gasteiger partial charge in [-0.3, -0.25) is 4.79 Å². The number of thiazole rings is 1. The summed E-state index contributed by atoms with van der Waals surface area (Å²) in [6.07, 6.45) is 0.0144. The lowest BCUT2D eigenvalue weighted by atomic mass is 10.2. The van der Waals surface area contributed by atoms with E-state index < -0.39 is 26.6 Å². The van der Waals surface area contributed by atoms with Crippen molar-refractivity contribution < 1.29 is 26.4 Å². The van der Waals surface area contributed by atoms with Crippen molar-refractivity contribution in [2.45, 2.75) is 11.3 Å². The van der Waals surface area contributed by atoms with Crippen molar-refractivity contribution in [1.29, 1.82) is 0 Å². The van der Waals surface area contributed by atoms with Gasteiger partial charge in [-0.05, 0) is 24.3 Å². The number of carbonyl (C=O) groups excluding carboxylic acids is 1. The van der Waals surface area contributed by atoms with E-state index in [-0.39, 0.29) is 44.3 Å². The molecule has 32 heavy (non-hydrogen) atoms. The smallest absolute Gasteiger partial charge is 0.249 e. The van der Waals surface area contributed by atoms with E-state index in [9.17, 15) is 26.4 Å². The second-order valence-corrected chi connectivity index (χ2v) is 9.90. The number of sulfonamides is 1. The first-order valence-electron chi connectivity index (χ1n) is 9.68. The molecule has 0 atom stereocenters. The van der Waals surface area contributed by atoms with Gasteiger partial charge in [0, 0.05) is 37.1 Å². The molecule has 1 fully saturated rings. The first-order chi connectivity index (χ1) is 15.3. The van der Waals surface area contributed by atoms with E-state index in [4.69, 9.17) is 0 Å². The van der Waals surface area contributed by atoms with E-state index in [2.05, 4.69) is 4.98 Å². The van der Waals surface area contributed by atoms with Gasteiger partial charge in [-0.1, -0.05) is 18.2 Å². The molecule has 0 unspecified atom stereocenters. The average molecular weight is 482 g/mol. The molecule has 2 aromatic carbocycles. The van der Waals surface area contributed by atoms with Gasteiger partial charge in [0.1, 0.15) is 22.5 Å². The van der Waals surface area contributed by atoms with Crippen molar-refractivity contribution >= 4 is 27.3 Å². The molecule has 3 aromatic rings. The third-order valence-corrected chi connectivity index (χ3v) is 7.95. The van der Waals surface area contributed by atoms with Crippen LogP contribution < -0.4 is 0 Å². The summed E-state index contributed by atoms with van der Waals surface area (Å²) in [7, 11) is -4.36. The average Bonchev–Trinajstić information content (AvgIpc) is 3.22. The molecule has 0 saturated carbocycles. The molecule has 0 radical (unpaired) electrons. The molecule has 0 aliphatic carbocycles. The molecular weight excluding hydrogens is 463 g/mol. The quantitative estimate of drug-likeness (QED) is 0.561. The number of carbonyl (C=O) groups is 1. The van der Waals surface area contributed by atoms with Crippen LogP contribution in [0.25, 0.3) is 10.6 Å². The summed E-state index contributed by atoms with van der Waals surface area (Å²) in [6.45, 7) is 0.0327. The second-order valence-electron chi connectivity index (χ2n) is 7.17. The molecule has 1 aliphatic heterocycles. The highest BCUT2D eigenvalue weighted by molar-refractivity contribution is 7.89. The van der Waals surface area contributed by atoms with E-state index in [1.807, 2.05) is 0 Å². The number of hydrogen-bond acceptors (Lipinski definition) is 5. The van der Waals surface area contributed by atoms with Crippen molar-refractivity contribution in [3.8, 4) is 10.6 Å². The predicted octanol–water partition coefficient (Wildman–Crippen LogP) is 3.30. The van der Waals surface area contributed by atoms with Crippen LogP contribution in [0.5, 0.6) is 0 Å². The van der Waals surface area contributed by atoms with Gasteiger partial charge < -0.3 is 4.90 Å². The van der Waals surface area contributed by atoms with Crippen LogP contribution in [0.1, 0.15) is 5.69 Å². The van der Waals surface area contributed by atoms with Crippen molar-refractivity contribution in [2.24, 2.45) is 0 Å². The van der Waals surface area contributed by atoms with Gasteiger partial charge in [-0.15, -0.1) is 11.3 Å². The lowest BCUT2D eigenvalue weighted by molar-refractivity contribution is -0.131. The van der Waals surface area contributed by atoms with E-state index in [0.717, 1.165) is 22.5 Å². The van der Waals surface area contributed by atoms with Gasteiger partial charge in [0.15, 0.2) is 4.90 Å². The summed E-state index contributed by atoms with van der Waals surface area (Å²) in [5.74, 6) is -2.92. The molecule has 6 nitrogen and oxygen atoms in total. The number of amides is 1. The summed E-state index contributed by atoms with van der Waals surface area (Å²) in [5, 5.41) is 2.31. The minimum Gasteiger partial charge on any atom is -0.340 e. The zero-order chi connectivity index (χ0) is 22.9. The fourth-order valence-corrected chi connectivity index (χ4v) is 5.79. The van der Waals surface area contributed by atoms with Gasteiger partial charge in [0.05, 0.1) is 12.1 Å². The maximum Gasteiger partial charge on any atom is 0.249 e. The molecule has 4 rings (SSSR count). The first kappa shape index (κ1) is 22.4. The lowest BCUT2D eigenvalue weighted by Crippen LogP contribution is -2.51. The SMILES string of the molecule is O=C(Cc1csc(-c2cccc(F)c2)n1)N1CCN(S(=O)(=O)c2c(F)cccc2F)CC1. The highest BCUT2D eigenvalue weighted by Crippen LogP contribution is 2.26. The maximum atomic E-state index is 14.0. The Morgan fingerprint density at radius 1 is 1.00 bits per heavy atom. The third kappa shape index (κ3) is 4.54. The fraction of sp³-hybridized carbons (Fsp3) is 0.238. The molecule has 0 bridgehead atoms. The van der Waals surface area contributed by atoms with Crippen molar-refractivity contribution in [3.63, 3.8) is 0 Å². The van der Waals surface area contributed by atoms with Gasteiger partial charge in [0.25, 0.3) is 0 Å². The van der Waals surface area contributed by atoms with Crippen LogP contribution in [-0.2, 0) is 21.2 Å². The lowest BCUT2D eigenvalue weighted by Gasteiger charge is -2.34. The second kappa shape index (κ2) is 9.00. The summed E-state index contributed by atoms with van der Waals surface area (Å²) in [5.41, 5.74) is 1.15. The van der Waals surface area contributed by atoms with Crippen LogP contribution in [0.3, 0.4) is 0 Å². The van der Waals surface area contributed by atoms with Crippen LogP contribution in [0, 0.1) is 17.5 Å². The number of hydrogen-bond donors (Lipinski definition) is 0. The Morgan fingerprint density at radius 2 is 1.66 bits per heavy atom. The highest BCUT2D eigenvalue weighted by atomic mass is 32.2. The largest absolute Gasteiger partial charge is 0.340 e. The third-order valence-electron chi connectivity index (χ3n) is 5.06. The summed E-state index contributed by atoms with van der Waals surface area (Å²) < 4.78 is 67.6. The summed E-state index contributed by atoms with van der Waals surface area (Å²) in [6, 6.07) is 8.88. The van der Waals surface area contributed by atoms with Crippen LogP contribution in [-0.4, -0.2) is 54.7 Å². The van der Waals surface area contributed by atoms with E-state index in [0.29, 0.717) is 16.3 Å². The molecule has 1 saturated heterocycles. The molecule has 11 heteroatoms. The van der Waals surface area contributed by atoms with Gasteiger partial charge in [0.2, 0.25) is 15.9 Å². The molecular formula is C21H18F3N3O3S2. The van der Waals surface area contributed by atoms with E-state index in [1.54, 1.807) is 17.5 Å². The Hall–Kier alpha value is -2.76. The van der Waals surface area contributed by atoms with Crippen molar-refractivity contribution in [3.05, 3.63) is 71.0 Å². The summed E-state index contributed by atoms with van der Waals surface area (Å²) >= 11 is 1.30. The highest BCUT2D eigenvalue weighted by Gasteiger charge is 2.34. The minimum atomic E-state index is -4.36. The zero-order valence-electron chi connectivity index (χ0n) is 16.7. The zero-order valence-corrected chi connectivity index (χ0v) is 18.3. The van der Waals surface area contributed by atoms with Gasteiger partial charge >= 0.3 is 0 Å². The standard InChI is InChI=1S/C21H18F3N3O3S2/c22-15-4-1-3-14(11-15)21-25-16(13-31-21)12-19(28)26-7-9-27(10-8-26)32(29,30)20-17(23)5-2-6-18(20)24/h1-6,11,13H,7-10,12H2. The van der Waals surface area contributed by atoms with Crippen LogP contribution >= 0.6 is 11.3 Å². The molecule has 1 aromatic heterocycles. The Bertz CT molecular complexity index is 1240. The molecule has 2 heterocycles. The number of benzene rings is 2. The maximum absolute atomic E-state index is 14.0. The molecule has 0 N–H and O–H groups in total. The molecule has 1 aliphatic rings. The number of aromatic nitrogens is 1. The topological polar surface area (TPSA) is 70.6 Å².